The Hall–Kier alpha value is -2.12. The van der Waals surface area contributed by atoms with Crippen LogP contribution in [0.1, 0.15) is 55.6 Å². The Morgan fingerprint density at radius 2 is 1.87 bits per heavy atom. The van der Waals surface area contributed by atoms with Crippen LogP contribution in [0.4, 0.5) is 0 Å². The largest absolute Gasteiger partial charge is 0.497 e. The first-order valence-corrected chi connectivity index (χ1v) is 11.7. The highest BCUT2D eigenvalue weighted by Crippen LogP contribution is 2.37. The maximum Gasteiger partial charge on any atom is 0.227 e. The Bertz CT molecular complexity index is 888. The average molecular weight is 447 g/mol. The highest BCUT2D eigenvalue weighted by atomic mass is 32.1. The lowest BCUT2D eigenvalue weighted by atomic mass is 9.94. The molecule has 0 radical (unpaired) electrons. The number of methoxy groups -OCH3 is 1. The zero-order valence-electron chi connectivity index (χ0n) is 19.2. The van der Waals surface area contributed by atoms with E-state index in [0.717, 1.165) is 39.9 Å². The van der Waals surface area contributed by atoms with E-state index >= 15 is 0 Å². The summed E-state index contributed by atoms with van der Waals surface area (Å²) in [6.07, 6.45) is 2.65. The number of nitrogens with zero attached hydrogens (tertiary/aromatic N) is 2. The number of hydrogen-bond donors (Lipinski definition) is 1. The molecule has 1 saturated heterocycles. The van der Waals surface area contributed by atoms with Crippen LogP contribution in [0.15, 0.2) is 24.3 Å². The van der Waals surface area contributed by atoms with Crippen molar-refractivity contribution in [3.63, 3.8) is 0 Å². The normalized spacial score (nSPS) is 19.7. The van der Waals surface area contributed by atoms with Gasteiger partial charge in [-0.25, -0.2) is 4.98 Å². The molecule has 1 amide bonds. The fourth-order valence-corrected chi connectivity index (χ4v) is 4.99. The summed E-state index contributed by atoms with van der Waals surface area (Å²) in [6, 6.07) is 7.53. The number of hydrogen-bond acceptors (Lipinski definition) is 6. The first-order chi connectivity index (χ1) is 14.6. The molecular weight excluding hydrogens is 412 g/mol. The lowest BCUT2D eigenvalue weighted by Gasteiger charge is -2.29. The first kappa shape index (κ1) is 23.5. The van der Waals surface area contributed by atoms with Crippen LogP contribution in [0.25, 0.3) is 0 Å². The molecule has 3 rings (SSSR count). The molecule has 0 saturated carbocycles. The van der Waals surface area contributed by atoms with Gasteiger partial charge in [0.05, 0.1) is 19.4 Å². The van der Waals surface area contributed by atoms with Crippen LogP contribution in [0, 0.1) is 12.3 Å². The quantitative estimate of drug-likeness (QED) is 0.715. The highest BCUT2D eigenvalue weighted by molar-refractivity contribution is 7.11. The van der Waals surface area contributed by atoms with E-state index in [0.29, 0.717) is 32.5 Å². The van der Waals surface area contributed by atoms with Crippen LogP contribution in [0.3, 0.4) is 0 Å². The van der Waals surface area contributed by atoms with Gasteiger partial charge < -0.3 is 19.5 Å². The molecule has 1 atom stereocenters. The number of amides is 1. The highest BCUT2D eigenvalue weighted by Gasteiger charge is 2.38. The maximum absolute atomic E-state index is 12.7. The van der Waals surface area contributed by atoms with E-state index in [1.165, 1.54) is 0 Å². The van der Waals surface area contributed by atoms with Gasteiger partial charge in [-0.3, -0.25) is 4.79 Å². The Morgan fingerprint density at radius 1 is 1.19 bits per heavy atom. The minimum absolute atomic E-state index is 0.142. The summed E-state index contributed by atoms with van der Waals surface area (Å²) in [5, 5.41) is 12.1. The number of carbonyl (C=O) groups excluding carboxylic acids is 1. The van der Waals surface area contributed by atoms with Crippen LogP contribution in [0.5, 0.6) is 11.5 Å². The molecular formula is C24H34N2O4S. The maximum atomic E-state index is 12.7. The second-order valence-corrected chi connectivity index (χ2v) is 10.3. The third-order valence-electron chi connectivity index (χ3n) is 5.69. The number of thiazole rings is 1. The summed E-state index contributed by atoms with van der Waals surface area (Å²) in [5.74, 6) is 1.74. The number of aromatic nitrogens is 1. The van der Waals surface area contributed by atoms with Crippen molar-refractivity contribution < 1.29 is 19.4 Å². The summed E-state index contributed by atoms with van der Waals surface area (Å²) in [5.41, 5.74) is -0.437. The molecule has 1 aliphatic rings. The predicted molar refractivity (Wildman–Crippen MR) is 123 cm³/mol. The summed E-state index contributed by atoms with van der Waals surface area (Å²) in [7, 11) is 1.64. The second kappa shape index (κ2) is 9.57. The van der Waals surface area contributed by atoms with Crippen LogP contribution < -0.4 is 9.47 Å². The van der Waals surface area contributed by atoms with Gasteiger partial charge in [-0.2, -0.15) is 0 Å². The fraction of sp³-hybridized carbons (Fsp3) is 0.583. The van der Waals surface area contributed by atoms with Crippen molar-refractivity contribution in [2.24, 2.45) is 5.41 Å². The average Bonchev–Trinajstić information content (AvgIpc) is 2.99. The number of carbonyl (C=O) groups is 1. The van der Waals surface area contributed by atoms with Crippen molar-refractivity contribution in [2.75, 3.05) is 26.8 Å². The van der Waals surface area contributed by atoms with Crippen molar-refractivity contribution in [1.82, 2.24) is 9.88 Å². The summed E-state index contributed by atoms with van der Waals surface area (Å²) < 4.78 is 11.0. The van der Waals surface area contributed by atoms with Gasteiger partial charge in [-0.1, -0.05) is 20.8 Å². The molecule has 170 valence electrons. The van der Waals surface area contributed by atoms with E-state index in [1.807, 2.05) is 56.9 Å². The third kappa shape index (κ3) is 5.77. The molecule has 6 nitrogen and oxygen atoms in total. The smallest absolute Gasteiger partial charge is 0.227 e. The Balaban J connectivity index is 1.61. The Kier molecular flexibility index (Phi) is 7.27. The Morgan fingerprint density at radius 3 is 2.52 bits per heavy atom. The molecule has 31 heavy (non-hydrogen) atoms. The molecule has 2 aromatic rings. The number of likely N-dealkylation sites (tertiary alicyclic amines) is 1. The number of aliphatic hydroxyl groups is 1. The monoisotopic (exact) mass is 446 g/mol. The molecule has 1 fully saturated rings. The van der Waals surface area contributed by atoms with Crippen molar-refractivity contribution in [3.05, 3.63) is 39.8 Å². The lowest BCUT2D eigenvalue weighted by molar-refractivity contribution is -0.139. The van der Waals surface area contributed by atoms with E-state index in [1.54, 1.807) is 18.4 Å². The van der Waals surface area contributed by atoms with E-state index in [2.05, 4.69) is 0 Å². The molecule has 0 unspecified atom stereocenters. The van der Waals surface area contributed by atoms with E-state index in [4.69, 9.17) is 14.5 Å². The van der Waals surface area contributed by atoms with Crippen molar-refractivity contribution in [1.29, 1.82) is 0 Å². The molecule has 0 bridgehead atoms. The number of ether oxygens (including phenoxy) is 2. The molecule has 1 aromatic carbocycles. The SMILES string of the molecule is COc1ccc(OCCc2sc([C@]3(O)CCCN(C(=O)C(C)(C)C)CC3)nc2C)cc1. The van der Waals surface area contributed by atoms with Crippen LogP contribution in [0.2, 0.25) is 0 Å². The predicted octanol–water partition coefficient (Wildman–Crippen LogP) is 4.33. The lowest BCUT2D eigenvalue weighted by Crippen LogP contribution is -2.40. The van der Waals surface area contributed by atoms with Crippen LogP contribution in [-0.4, -0.2) is 47.7 Å². The molecule has 1 aromatic heterocycles. The van der Waals surface area contributed by atoms with Gasteiger partial charge in [0.15, 0.2) is 0 Å². The van der Waals surface area contributed by atoms with Crippen molar-refractivity contribution in [2.45, 2.75) is 59.0 Å². The van der Waals surface area contributed by atoms with E-state index in [-0.39, 0.29) is 5.91 Å². The fourth-order valence-electron chi connectivity index (χ4n) is 3.80. The summed E-state index contributed by atoms with van der Waals surface area (Å²) >= 11 is 1.57. The van der Waals surface area contributed by atoms with Gasteiger partial charge >= 0.3 is 0 Å². The standard InChI is InChI=1S/C24H34N2O4S/c1-17-20(11-16-30-19-9-7-18(29-5)8-10-19)31-21(25-17)24(28)12-6-14-26(15-13-24)22(27)23(2,3)4/h7-10,28H,6,11-16H2,1-5H3/t24-/m0/s1. The molecule has 2 heterocycles. The molecule has 1 N–H and O–H groups in total. The third-order valence-corrected chi connectivity index (χ3v) is 7.10. The molecule has 0 spiro atoms. The van der Waals surface area contributed by atoms with Gasteiger partial charge in [0.25, 0.3) is 0 Å². The topological polar surface area (TPSA) is 71.9 Å². The Labute approximate surface area is 189 Å². The number of aryl methyl sites for hydroxylation is 1. The summed E-state index contributed by atoms with van der Waals surface area (Å²) in [6.45, 7) is 9.59. The number of rotatable bonds is 6. The zero-order chi connectivity index (χ0) is 22.6. The van der Waals surface area contributed by atoms with Crippen molar-refractivity contribution in [3.8, 4) is 11.5 Å². The molecule has 0 aliphatic carbocycles. The second-order valence-electron chi connectivity index (χ2n) is 9.23. The minimum Gasteiger partial charge on any atom is -0.497 e. The van der Waals surface area contributed by atoms with Crippen LogP contribution in [-0.2, 0) is 16.8 Å². The first-order valence-electron chi connectivity index (χ1n) is 10.9. The molecule has 7 heteroatoms. The van der Waals surface area contributed by atoms with E-state index in [9.17, 15) is 9.90 Å². The van der Waals surface area contributed by atoms with E-state index < -0.39 is 11.0 Å². The van der Waals surface area contributed by atoms with Gasteiger partial charge in [-0.05, 0) is 44.0 Å². The number of benzene rings is 1. The minimum atomic E-state index is -0.975. The van der Waals surface area contributed by atoms with Gasteiger partial charge in [-0.15, -0.1) is 11.3 Å². The van der Waals surface area contributed by atoms with Gasteiger partial charge in [0, 0.05) is 36.2 Å². The summed E-state index contributed by atoms with van der Waals surface area (Å²) in [4.78, 5) is 20.4. The van der Waals surface area contributed by atoms with Gasteiger partial charge in [0.2, 0.25) is 5.91 Å². The zero-order valence-corrected chi connectivity index (χ0v) is 20.1. The van der Waals surface area contributed by atoms with Crippen molar-refractivity contribution >= 4 is 17.2 Å². The van der Waals surface area contributed by atoms with Gasteiger partial charge in [0.1, 0.15) is 22.1 Å². The van der Waals surface area contributed by atoms with Crippen LogP contribution >= 0.6 is 11.3 Å². The molecule has 1 aliphatic heterocycles.